The number of benzene rings is 1. The average molecular weight is 343 g/mol. The number of rotatable bonds is 4. The van der Waals surface area contributed by atoms with Crippen molar-refractivity contribution in [3.8, 4) is 0 Å². The predicted molar refractivity (Wildman–Crippen MR) is 89.6 cm³/mol. The van der Waals surface area contributed by atoms with Gasteiger partial charge in [0.1, 0.15) is 5.82 Å². The van der Waals surface area contributed by atoms with Crippen LogP contribution in [-0.4, -0.2) is 38.8 Å². The molecule has 25 heavy (non-hydrogen) atoms. The van der Waals surface area contributed by atoms with Crippen molar-refractivity contribution >= 4 is 11.2 Å². The molecule has 130 valence electrons. The van der Waals surface area contributed by atoms with E-state index in [1.54, 1.807) is 30.5 Å². The largest absolute Gasteiger partial charge is 0.421 e. The van der Waals surface area contributed by atoms with Crippen LogP contribution in [0.1, 0.15) is 18.0 Å². The molecule has 2 aromatic heterocycles. The van der Waals surface area contributed by atoms with Gasteiger partial charge < -0.3 is 9.52 Å². The fourth-order valence-electron chi connectivity index (χ4n) is 3.48. The van der Waals surface area contributed by atoms with E-state index in [0.717, 1.165) is 5.56 Å². The van der Waals surface area contributed by atoms with Crippen LogP contribution in [0.25, 0.3) is 11.2 Å². The molecular formula is C18H18FN3O3. The molecule has 2 atom stereocenters. The zero-order valence-electron chi connectivity index (χ0n) is 13.5. The molecule has 4 rings (SSSR count). The molecule has 1 saturated heterocycles. The second kappa shape index (κ2) is 6.42. The maximum absolute atomic E-state index is 13.2. The van der Waals surface area contributed by atoms with Gasteiger partial charge in [-0.2, -0.15) is 0 Å². The number of pyridine rings is 1. The first kappa shape index (κ1) is 16.0. The van der Waals surface area contributed by atoms with Gasteiger partial charge in [0.2, 0.25) is 0 Å². The lowest BCUT2D eigenvalue weighted by Crippen LogP contribution is -2.30. The monoisotopic (exact) mass is 343 g/mol. The molecular weight excluding hydrogens is 325 g/mol. The molecule has 1 aromatic carbocycles. The van der Waals surface area contributed by atoms with Crippen LogP contribution in [0, 0.1) is 5.82 Å². The molecule has 0 bridgehead atoms. The maximum Gasteiger partial charge on any atom is 0.421 e. The van der Waals surface area contributed by atoms with Gasteiger partial charge in [0.15, 0.2) is 11.2 Å². The zero-order chi connectivity index (χ0) is 17.4. The van der Waals surface area contributed by atoms with Gasteiger partial charge in [-0.1, -0.05) is 12.1 Å². The summed E-state index contributed by atoms with van der Waals surface area (Å²) in [6.07, 6.45) is 1.77. The van der Waals surface area contributed by atoms with Crippen molar-refractivity contribution in [1.29, 1.82) is 0 Å². The molecule has 7 heteroatoms. The zero-order valence-corrected chi connectivity index (χ0v) is 13.5. The molecule has 1 aliphatic heterocycles. The van der Waals surface area contributed by atoms with Crippen molar-refractivity contribution < 1.29 is 13.9 Å². The fraction of sp³-hybridized carbons (Fsp3) is 0.333. The van der Waals surface area contributed by atoms with Crippen molar-refractivity contribution in [2.45, 2.75) is 25.1 Å². The summed E-state index contributed by atoms with van der Waals surface area (Å²) in [6.45, 7) is 1.48. The Morgan fingerprint density at radius 2 is 2.04 bits per heavy atom. The van der Waals surface area contributed by atoms with Gasteiger partial charge >= 0.3 is 5.76 Å². The third-order valence-electron chi connectivity index (χ3n) is 4.67. The van der Waals surface area contributed by atoms with Gasteiger partial charge in [0.05, 0.1) is 6.10 Å². The van der Waals surface area contributed by atoms with Gasteiger partial charge in [-0.15, -0.1) is 0 Å². The molecule has 6 nitrogen and oxygen atoms in total. The highest BCUT2D eigenvalue weighted by molar-refractivity contribution is 5.67. The third kappa shape index (κ3) is 3.08. The van der Waals surface area contributed by atoms with E-state index < -0.39 is 11.9 Å². The second-order valence-electron chi connectivity index (χ2n) is 6.30. The summed E-state index contributed by atoms with van der Waals surface area (Å²) < 4.78 is 19.9. The number of hydrogen-bond donors (Lipinski definition) is 1. The second-order valence-corrected chi connectivity index (χ2v) is 6.30. The lowest BCUT2D eigenvalue weighted by molar-refractivity contribution is 0.173. The number of β-amino-alcohol motifs (C(OH)–C–C–N with tert-alkyl or cyclic N) is 1. The summed E-state index contributed by atoms with van der Waals surface area (Å²) in [6, 6.07) is 9.76. The molecule has 0 amide bonds. The summed E-state index contributed by atoms with van der Waals surface area (Å²) in [7, 11) is 0. The minimum absolute atomic E-state index is 0.00238. The molecule has 0 radical (unpaired) electrons. The van der Waals surface area contributed by atoms with Gasteiger partial charge in [-0.25, -0.2) is 14.2 Å². The molecule has 1 N–H and O–H groups in total. The first-order chi connectivity index (χ1) is 12.1. The van der Waals surface area contributed by atoms with E-state index in [0.29, 0.717) is 37.3 Å². The minimum Gasteiger partial charge on any atom is -0.406 e. The quantitative estimate of drug-likeness (QED) is 0.784. The van der Waals surface area contributed by atoms with Crippen LogP contribution in [0.5, 0.6) is 0 Å². The number of nitrogens with zero attached hydrogens (tertiary/aromatic N) is 3. The van der Waals surface area contributed by atoms with Crippen molar-refractivity contribution in [2.24, 2.45) is 0 Å². The molecule has 1 fully saturated rings. The van der Waals surface area contributed by atoms with Crippen molar-refractivity contribution in [3.05, 3.63) is 64.5 Å². The number of likely N-dealkylation sites (tertiary alicyclic amines) is 1. The number of aromatic nitrogens is 2. The Balaban J connectivity index is 1.55. The van der Waals surface area contributed by atoms with E-state index >= 15 is 0 Å². The molecule has 3 aromatic rings. The molecule has 0 saturated carbocycles. The third-order valence-corrected chi connectivity index (χ3v) is 4.67. The fourth-order valence-corrected chi connectivity index (χ4v) is 3.48. The number of aliphatic hydroxyl groups is 1. The van der Waals surface area contributed by atoms with E-state index in [-0.39, 0.29) is 11.9 Å². The molecule has 0 unspecified atom stereocenters. The van der Waals surface area contributed by atoms with Crippen molar-refractivity contribution in [1.82, 2.24) is 14.5 Å². The highest BCUT2D eigenvalue weighted by atomic mass is 19.1. The number of aliphatic hydroxyl groups excluding tert-OH is 1. The summed E-state index contributed by atoms with van der Waals surface area (Å²) in [5.74, 6) is -0.719. The van der Waals surface area contributed by atoms with Crippen LogP contribution in [0.4, 0.5) is 4.39 Å². The first-order valence-corrected chi connectivity index (χ1v) is 8.24. The van der Waals surface area contributed by atoms with Crippen LogP contribution >= 0.6 is 0 Å². The Bertz CT molecular complexity index is 935. The SMILES string of the molecule is O=c1oc2cccnc2n1CCN1C[C@H](O)C[C@H]1c1ccc(F)cc1. The number of halogens is 1. The Kier molecular flexibility index (Phi) is 4.10. The summed E-state index contributed by atoms with van der Waals surface area (Å²) in [4.78, 5) is 18.4. The van der Waals surface area contributed by atoms with Gasteiger partial charge in [-0.05, 0) is 36.2 Å². The summed E-state index contributed by atoms with van der Waals surface area (Å²) in [5.41, 5.74) is 1.94. The van der Waals surface area contributed by atoms with Crippen molar-refractivity contribution in [2.75, 3.05) is 13.1 Å². The molecule has 0 spiro atoms. The Hall–Kier alpha value is -2.51. The molecule has 3 heterocycles. The average Bonchev–Trinajstić information content (AvgIpc) is 3.13. The number of oxazole rings is 1. The van der Waals surface area contributed by atoms with Crippen LogP contribution in [-0.2, 0) is 6.54 Å². The highest BCUT2D eigenvalue weighted by Crippen LogP contribution is 2.32. The smallest absolute Gasteiger partial charge is 0.406 e. The van der Waals surface area contributed by atoms with Crippen LogP contribution in [0.2, 0.25) is 0 Å². The molecule has 1 aliphatic rings. The Morgan fingerprint density at radius 3 is 2.84 bits per heavy atom. The van der Waals surface area contributed by atoms with E-state index in [4.69, 9.17) is 4.42 Å². The predicted octanol–water partition coefficient (Wildman–Crippen LogP) is 1.94. The van der Waals surface area contributed by atoms with Gasteiger partial charge in [0.25, 0.3) is 0 Å². The van der Waals surface area contributed by atoms with Gasteiger partial charge in [0, 0.05) is 31.9 Å². The summed E-state index contributed by atoms with van der Waals surface area (Å²) in [5, 5.41) is 10.1. The Morgan fingerprint density at radius 1 is 1.24 bits per heavy atom. The van der Waals surface area contributed by atoms with Crippen LogP contribution in [0.15, 0.2) is 51.8 Å². The first-order valence-electron chi connectivity index (χ1n) is 8.24. The van der Waals surface area contributed by atoms with Crippen LogP contribution in [0.3, 0.4) is 0 Å². The standard InChI is InChI=1S/C18H18FN3O3/c19-13-5-3-12(4-6-13)15-10-14(23)11-21(15)8-9-22-17-16(25-18(22)24)2-1-7-20-17/h1-7,14-15,23H,8-11H2/t14-,15+/m1/s1. The minimum atomic E-state index is -0.439. The van der Waals surface area contributed by atoms with E-state index in [1.807, 2.05) is 0 Å². The Labute approximate surface area is 143 Å². The lowest BCUT2D eigenvalue weighted by Gasteiger charge is -2.24. The van der Waals surface area contributed by atoms with E-state index in [9.17, 15) is 14.3 Å². The topological polar surface area (TPSA) is 71.5 Å². The van der Waals surface area contributed by atoms with E-state index in [2.05, 4.69) is 9.88 Å². The lowest BCUT2D eigenvalue weighted by atomic mass is 10.0. The maximum atomic E-state index is 13.2. The summed E-state index contributed by atoms with van der Waals surface area (Å²) >= 11 is 0. The van der Waals surface area contributed by atoms with Crippen LogP contribution < -0.4 is 5.76 Å². The molecule has 0 aliphatic carbocycles. The number of hydrogen-bond acceptors (Lipinski definition) is 5. The normalized spacial score (nSPS) is 21.2. The van der Waals surface area contributed by atoms with Crippen molar-refractivity contribution in [3.63, 3.8) is 0 Å². The highest BCUT2D eigenvalue weighted by Gasteiger charge is 2.32. The number of fused-ring (bicyclic) bond motifs is 1. The van der Waals surface area contributed by atoms with E-state index in [1.165, 1.54) is 16.7 Å². The van der Waals surface area contributed by atoms with Gasteiger partial charge in [-0.3, -0.25) is 9.47 Å².